The molecule has 0 heterocycles. The average Bonchev–Trinajstić information content (AvgIpc) is 1.33. The van der Waals surface area contributed by atoms with Crippen LogP contribution in [0.2, 0.25) is 0 Å². The van der Waals surface area contributed by atoms with E-state index in [0.717, 1.165) is 3.92 Å². The summed E-state index contributed by atoms with van der Waals surface area (Å²) >= 11 is 2.43. The molecule has 1 nitrogen and oxygen atoms in total. The predicted molar refractivity (Wildman–Crippen MR) is 35.0 cm³/mol. The van der Waals surface area contributed by atoms with Gasteiger partial charge in [-0.05, 0) is 12.8 Å². The Labute approximate surface area is 51.4 Å². The topological polar surface area (TPSA) is 26.0 Å². The number of hydrogen-bond acceptors (Lipinski definition) is 1. The molecule has 6 heavy (non-hydrogen) atoms. The molecule has 0 saturated heterocycles. The second kappa shape index (κ2) is 1.66. The molecule has 0 amide bonds. The molecular weight excluding hydrogens is 189 g/mol. The van der Waals surface area contributed by atoms with Crippen molar-refractivity contribution >= 4 is 22.6 Å². The Morgan fingerprint density at radius 1 is 1.50 bits per heavy atom. The largest absolute Gasteiger partial charge is 0.328 e. The van der Waals surface area contributed by atoms with Crippen LogP contribution in [-0.4, -0.2) is 9.97 Å². The Kier molecular flexibility index (Phi) is 1.34. The van der Waals surface area contributed by atoms with Crippen LogP contribution in [0.15, 0.2) is 0 Å². The van der Waals surface area contributed by atoms with E-state index in [9.17, 15) is 0 Å². The fraction of sp³-hybridized carbons (Fsp3) is 1.00. The van der Waals surface area contributed by atoms with Crippen molar-refractivity contribution in [1.29, 1.82) is 0 Å². The zero-order chi connectivity index (χ0) is 4.57. The average molecular weight is 197 g/mol. The molecule has 0 radical (unpaired) electrons. The molecule has 1 fully saturated rings. The highest BCUT2D eigenvalue weighted by Crippen LogP contribution is 2.25. The van der Waals surface area contributed by atoms with Crippen LogP contribution in [0.3, 0.4) is 0 Å². The lowest BCUT2D eigenvalue weighted by Gasteiger charge is -2.26. The van der Waals surface area contributed by atoms with Gasteiger partial charge < -0.3 is 5.73 Å². The predicted octanol–water partition coefficient (Wildman–Crippen LogP) is 0.911. The van der Waals surface area contributed by atoms with Crippen LogP contribution in [0, 0.1) is 0 Å². The number of rotatable bonds is 0. The molecule has 0 atom stereocenters. The maximum absolute atomic E-state index is 5.46. The number of halogens is 1. The lowest BCUT2D eigenvalue weighted by atomic mass is 9.94. The summed E-state index contributed by atoms with van der Waals surface area (Å²) in [7, 11) is 0. The SMILES string of the molecule is NC1CC(I)C1. The molecule has 0 bridgehead atoms. The van der Waals surface area contributed by atoms with Gasteiger partial charge in [-0.3, -0.25) is 0 Å². The van der Waals surface area contributed by atoms with Crippen LogP contribution in [0.5, 0.6) is 0 Å². The van der Waals surface area contributed by atoms with Crippen LogP contribution in [0.25, 0.3) is 0 Å². The third-order valence-electron chi connectivity index (χ3n) is 1.12. The third kappa shape index (κ3) is 0.846. The Balaban J connectivity index is 2.11. The number of nitrogens with two attached hydrogens (primary N) is 1. The Bertz CT molecular complexity index is 43.5. The second-order valence-corrected chi connectivity index (χ2v) is 3.59. The first-order valence-electron chi connectivity index (χ1n) is 2.18. The van der Waals surface area contributed by atoms with Crippen LogP contribution in [0.1, 0.15) is 12.8 Å². The molecule has 2 N–H and O–H groups in total. The van der Waals surface area contributed by atoms with Gasteiger partial charge in [-0.2, -0.15) is 0 Å². The fourth-order valence-corrected chi connectivity index (χ4v) is 1.89. The molecule has 0 aliphatic heterocycles. The lowest BCUT2D eigenvalue weighted by Crippen LogP contribution is -2.36. The molecule has 0 aromatic carbocycles. The van der Waals surface area contributed by atoms with Crippen molar-refractivity contribution in [2.24, 2.45) is 5.73 Å². The molecule has 0 aromatic heterocycles. The molecule has 0 spiro atoms. The molecule has 1 aliphatic rings. The van der Waals surface area contributed by atoms with Gasteiger partial charge in [-0.15, -0.1) is 0 Å². The quantitative estimate of drug-likeness (QED) is 0.453. The summed E-state index contributed by atoms with van der Waals surface area (Å²) in [6.45, 7) is 0. The number of alkyl halides is 1. The molecule has 1 aliphatic carbocycles. The first kappa shape index (κ1) is 4.84. The van der Waals surface area contributed by atoms with E-state index in [1.807, 2.05) is 0 Å². The third-order valence-corrected chi connectivity index (χ3v) is 2.13. The van der Waals surface area contributed by atoms with Crippen molar-refractivity contribution in [1.82, 2.24) is 0 Å². The zero-order valence-electron chi connectivity index (χ0n) is 3.52. The highest BCUT2D eigenvalue weighted by atomic mass is 127. The normalized spacial score (nSPS) is 45.0. The van der Waals surface area contributed by atoms with E-state index in [1.54, 1.807) is 0 Å². The van der Waals surface area contributed by atoms with Gasteiger partial charge in [0.15, 0.2) is 0 Å². The van der Waals surface area contributed by atoms with Gasteiger partial charge in [0, 0.05) is 9.97 Å². The Morgan fingerprint density at radius 2 is 2.00 bits per heavy atom. The Morgan fingerprint density at radius 3 is 2.00 bits per heavy atom. The van der Waals surface area contributed by atoms with E-state index in [2.05, 4.69) is 22.6 Å². The molecular formula is C4H8IN. The van der Waals surface area contributed by atoms with Crippen LogP contribution in [-0.2, 0) is 0 Å². The van der Waals surface area contributed by atoms with E-state index in [0.29, 0.717) is 6.04 Å². The van der Waals surface area contributed by atoms with E-state index < -0.39 is 0 Å². The minimum absolute atomic E-state index is 0.534. The summed E-state index contributed by atoms with van der Waals surface area (Å²) in [5.41, 5.74) is 5.46. The highest BCUT2D eigenvalue weighted by molar-refractivity contribution is 14.1. The van der Waals surface area contributed by atoms with Crippen LogP contribution < -0.4 is 5.73 Å². The maximum Gasteiger partial charge on any atom is 0.0139 e. The van der Waals surface area contributed by atoms with Crippen LogP contribution >= 0.6 is 22.6 Å². The smallest absolute Gasteiger partial charge is 0.0139 e. The minimum Gasteiger partial charge on any atom is -0.328 e. The summed E-state index contributed by atoms with van der Waals surface area (Å²) in [5, 5.41) is 0. The molecule has 1 rings (SSSR count). The molecule has 0 aromatic rings. The van der Waals surface area contributed by atoms with Crippen molar-refractivity contribution in [2.75, 3.05) is 0 Å². The van der Waals surface area contributed by atoms with Gasteiger partial charge in [0.25, 0.3) is 0 Å². The van der Waals surface area contributed by atoms with E-state index in [-0.39, 0.29) is 0 Å². The second-order valence-electron chi connectivity index (χ2n) is 1.83. The van der Waals surface area contributed by atoms with Gasteiger partial charge in [0.05, 0.1) is 0 Å². The van der Waals surface area contributed by atoms with Gasteiger partial charge in [-0.25, -0.2) is 0 Å². The first-order chi connectivity index (χ1) is 2.79. The molecule has 0 unspecified atom stereocenters. The summed E-state index contributed by atoms with van der Waals surface area (Å²) in [4.78, 5) is 0. The van der Waals surface area contributed by atoms with Crippen molar-refractivity contribution < 1.29 is 0 Å². The Hall–Kier alpha value is 0.690. The van der Waals surface area contributed by atoms with Crippen molar-refractivity contribution in [2.45, 2.75) is 22.8 Å². The van der Waals surface area contributed by atoms with Crippen molar-refractivity contribution in [3.05, 3.63) is 0 Å². The van der Waals surface area contributed by atoms with Crippen molar-refractivity contribution in [3.63, 3.8) is 0 Å². The lowest BCUT2D eigenvalue weighted by molar-refractivity contribution is 0.447. The van der Waals surface area contributed by atoms with E-state index >= 15 is 0 Å². The van der Waals surface area contributed by atoms with Crippen LogP contribution in [0.4, 0.5) is 0 Å². The first-order valence-corrected chi connectivity index (χ1v) is 3.43. The zero-order valence-corrected chi connectivity index (χ0v) is 5.68. The molecule has 2 heteroatoms. The van der Waals surface area contributed by atoms with Crippen molar-refractivity contribution in [3.8, 4) is 0 Å². The monoisotopic (exact) mass is 197 g/mol. The molecule has 1 saturated carbocycles. The maximum atomic E-state index is 5.46. The minimum atomic E-state index is 0.534. The summed E-state index contributed by atoms with van der Waals surface area (Å²) < 4.78 is 0.887. The highest BCUT2D eigenvalue weighted by Gasteiger charge is 2.21. The number of hydrogen-bond donors (Lipinski definition) is 1. The van der Waals surface area contributed by atoms with E-state index in [4.69, 9.17) is 5.73 Å². The van der Waals surface area contributed by atoms with Gasteiger partial charge in [-0.1, -0.05) is 22.6 Å². The molecule has 36 valence electrons. The van der Waals surface area contributed by atoms with Gasteiger partial charge >= 0.3 is 0 Å². The standard InChI is InChI=1S/C4H8IN/c5-3-1-4(6)2-3/h3-4H,1-2,6H2. The van der Waals surface area contributed by atoms with Gasteiger partial charge in [0.2, 0.25) is 0 Å². The summed E-state index contributed by atoms with van der Waals surface area (Å²) in [6.07, 6.45) is 2.47. The van der Waals surface area contributed by atoms with Gasteiger partial charge in [0.1, 0.15) is 0 Å². The summed E-state index contributed by atoms with van der Waals surface area (Å²) in [5.74, 6) is 0. The fourth-order valence-electron chi connectivity index (χ4n) is 0.588. The summed E-state index contributed by atoms with van der Waals surface area (Å²) in [6, 6.07) is 0.534. The van der Waals surface area contributed by atoms with E-state index in [1.165, 1.54) is 12.8 Å².